The van der Waals surface area contributed by atoms with Crippen molar-refractivity contribution in [2.75, 3.05) is 13.2 Å². The maximum absolute atomic E-state index is 9.45. The van der Waals surface area contributed by atoms with Crippen molar-refractivity contribution in [3.05, 3.63) is 29.3 Å². The molecular formula is C14H22O3. The van der Waals surface area contributed by atoms with Crippen molar-refractivity contribution in [2.45, 2.75) is 39.2 Å². The van der Waals surface area contributed by atoms with E-state index in [0.29, 0.717) is 6.61 Å². The lowest BCUT2D eigenvalue weighted by Crippen LogP contribution is -2.00. The molecule has 0 radical (unpaired) electrons. The van der Waals surface area contributed by atoms with E-state index in [2.05, 4.69) is 0 Å². The molecule has 1 atom stereocenters. The molecule has 0 amide bonds. The smallest absolute Gasteiger partial charge is 0.122 e. The van der Waals surface area contributed by atoms with Crippen LogP contribution in [0.25, 0.3) is 0 Å². The highest BCUT2D eigenvalue weighted by Crippen LogP contribution is 2.22. The molecule has 3 nitrogen and oxygen atoms in total. The van der Waals surface area contributed by atoms with E-state index in [9.17, 15) is 5.11 Å². The van der Waals surface area contributed by atoms with E-state index in [4.69, 9.17) is 9.84 Å². The van der Waals surface area contributed by atoms with Crippen LogP contribution >= 0.6 is 0 Å². The molecule has 0 aliphatic rings. The molecule has 0 aromatic heterocycles. The summed E-state index contributed by atoms with van der Waals surface area (Å²) in [4.78, 5) is 0. The van der Waals surface area contributed by atoms with Crippen LogP contribution in [0.1, 0.15) is 43.4 Å². The van der Waals surface area contributed by atoms with Crippen molar-refractivity contribution in [3.8, 4) is 5.75 Å². The molecule has 0 aliphatic heterocycles. The zero-order valence-corrected chi connectivity index (χ0v) is 10.6. The quantitative estimate of drug-likeness (QED) is 0.718. The number of aliphatic hydroxyl groups is 2. The Labute approximate surface area is 103 Å². The van der Waals surface area contributed by atoms with Crippen LogP contribution in [0.15, 0.2) is 18.2 Å². The normalized spacial score (nSPS) is 12.5. The summed E-state index contributed by atoms with van der Waals surface area (Å²) >= 11 is 0. The Kier molecular flexibility index (Phi) is 6.01. The van der Waals surface area contributed by atoms with E-state index in [1.807, 2.05) is 25.1 Å². The SMILES string of the molecule is Cc1cc([C@@H](C)O)ccc1OCCCCCO. The highest BCUT2D eigenvalue weighted by atomic mass is 16.5. The Bertz CT molecular complexity index is 334. The molecular weight excluding hydrogens is 216 g/mol. The molecule has 2 N–H and O–H groups in total. The third-order valence-electron chi connectivity index (χ3n) is 2.74. The largest absolute Gasteiger partial charge is 0.493 e. The number of aryl methyl sites for hydroxylation is 1. The Morgan fingerprint density at radius 1 is 1.24 bits per heavy atom. The minimum Gasteiger partial charge on any atom is -0.493 e. The predicted molar refractivity (Wildman–Crippen MR) is 68.2 cm³/mol. The van der Waals surface area contributed by atoms with E-state index in [-0.39, 0.29) is 6.61 Å². The highest BCUT2D eigenvalue weighted by molar-refractivity contribution is 5.36. The van der Waals surface area contributed by atoms with Crippen molar-refractivity contribution < 1.29 is 14.9 Å². The van der Waals surface area contributed by atoms with Crippen molar-refractivity contribution in [3.63, 3.8) is 0 Å². The molecule has 0 spiro atoms. The van der Waals surface area contributed by atoms with Gasteiger partial charge in [-0.25, -0.2) is 0 Å². The van der Waals surface area contributed by atoms with Crippen molar-refractivity contribution in [1.29, 1.82) is 0 Å². The van der Waals surface area contributed by atoms with Crippen LogP contribution in [0.2, 0.25) is 0 Å². The molecule has 0 heterocycles. The summed E-state index contributed by atoms with van der Waals surface area (Å²) in [7, 11) is 0. The number of aliphatic hydroxyl groups excluding tert-OH is 2. The van der Waals surface area contributed by atoms with Gasteiger partial charge in [0.15, 0.2) is 0 Å². The molecule has 0 aliphatic carbocycles. The van der Waals surface area contributed by atoms with Gasteiger partial charge in [0.1, 0.15) is 5.75 Å². The molecule has 0 bridgehead atoms. The summed E-state index contributed by atoms with van der Waals surface area (Å²) in [5, 5.41) is 18.1. The first-order chi connectivity index (χ1) is 8.15. The molecule has 0 saturated carbocycles. The number of hydrogen-bond acceptors (Lipinski definition) is 3. The fourth-order valence-electron chi connectivity index (χ4n) is 1.67. The molecule has 96 valence electrons. The van der Waals surface area contributed by atoms with Gasteiger partial charge in [0.2, 0.25) is 0 Å². The lowest BCUT2D eigenvalue weighted by atomic mass is 10.1. The van der Waals surface area contributed by atoms with Crippen LogP contribution in [0.5, 0.6) is 5.75 Å². The van der Waals surface area contributed by atoms with Gasteiger partial charge in [-0.05, 0) is 56.4 Å². The summed E-state index contributed by atoms with van der Waals surface area (Å²) in [6.07, 6.45) is 2.34. The van der Waals surface area contributed by atoms with Crippen LogP contribution in [-0.4, -0.2) is 23.4 Å². The van der Waals surface area contributed by atoms with Gasteiger partial charge in [-0.15, -0.1) is 0 Å². The molecule has 1 aromatic rings. The van der Waals surface area contributed by atoms with Gasteiger partial charge in [0, 0.05) is 6.61 Å². The van der Waals surface area contributed by atoms with E-state index < -0.39 is 6.10 Å². The van der Waals surface area contributed by atoms with Gasteiger partial charge in [0.25, 0.3) is 0 Å². The topological polar surface area (TPSA) is 49.7 Å². The van der Waals surface area contributed by atoms with Crippen molar-refractivity contribution in [1.82, 2.24) is 0 Å². The lowest BCUT2D eigenvalue weighted by Gasteiger charge is -2.11. The zero-order valence-electron chi connectivity index (χ0n) is 10.6. The van der Waals surface area contributed by atoms with Gasteiger partial charge in [-0.1, -0.05) is 6.07 Å². The second-order valence-corrected chi connectivity index (χ2v) is 4.33. The second-order valence-electron chi connectivity index (χ2n) is 4.33. The molecule has 1 aromatic carbocycles. The highest BCUT2D eigenvalue weighted by Gasteiger charge is 2.04. The Hall–Kier alpha value is -1.06. The number of benzene rings is 1. The predicted octanol–water partition coefficient (Wildman–Crippen LogP) is 2.59. The van der Waals surface area contributed by atoms with Crippen molar-refractivity contribution in [2.24, 2.45) is 0 Å². The zero-order chi connectivity index (χ0) is 12.7. The maximum atomic E-state index is 9.45. The molecule has 0 saturated heterocycles. The van der Waals surface area contributed by atoms with Crippen LogP contribution in [0.4, 0.5) is 0 Å². The van der Waals surface area contributed by atoms with Crippen molar-refractivity contribution >= 4 is 0 Å². The molecule has 0 fully saturated rings. The third-order valence-corrected chi connectivity index (χ3v) is 2.74. The summed E-state index contributed by atoms with van der Waals surface area (Å²) in [6.45, 7) is 4.66. The molecule has 0 unspecified atom stereocenters. The summed E-state index contributed by atoms with van der Waals surface area (Å²) in [5.41, 5.74) is 1.96. The van der Waals surface area contributed by atoms with Crippen LogP contribution in [-0.2, 0) is 0 Å². The number of unbranched alkanes of at least 4 members (excludes halogenated alkanes) is 2. The van der Waals surface area contributed by atoms with Gasteiger partial charge >= 0.3 is 0 Å². The average molecular weight is 238 g/mol. The second kappa shape index (κ2) is 7.30. The fraction of sp³-hybridized carbons (Fsp3) is 0.571. The number of ether oxygens (including phenoxy) is 1. The Morgan fingerprint density at radius 2 is 2.00 bits per heavy atom. The minimum absolute atomic E-state index is 0.252. The molecule has 17 heavy (non-hydrogen) atoms. The van der Waals surface area contributed by atoms with Gasteiger partial charge in [-0.3, -0.25) is 0 Å². The number of hydrogen-bond donors (Lipinski definition) is 2. The molecule has 1 rings (SSSR count). The first-order valence-electron chi connectivity index (χ1n) is 6.17. The standard InChI is InChI=1S/C14H22O3/c1-11-10-13(12(2)16)6-7-14(11)17-9-5-3-4-8-15/h6-7,10,12,15-16H,3-5,8-9H2,1-2H3/t12-/m1/s1. The van der Waals surface area contributed by atoms with Gasteiger partial charge < -0.3 is 14.9 Å². The number of rotatable bonds is 7. The summed E-state index contributed by atoms with van der Waals surface area (Å²) in [6, 6.07) is 5.75. The first-order valence-corrected chi connectivity index (χ1v) is 6.17. The van der Waals surface area contributed by atoms with Crippen LogP contribution < -0.4 is 4.74 Å². The van der Waals surface area contributed by atoms with E-state index in [1.165, 1.54) is 0 Å². The van der Waals surface area contributed by atoms with E-state index in [1.54, 1.807) is 6.92 Å². The van der Waals surface area contributed by atoms with Gasteiger partial charge in [-0.2, -0.15) is 0 Å². The average Bonchev–Trinajstić information content (AvgIpc) is 2.30. The fourth-order valence-corrected chi connectivity index (χ4v) is 1.67. The summed E-state index contributed by atoms with van der Waals surface area (Å²) in [5.74, 6) is 0.874. The summed E-state index contributed by atoms with van der Waals surface area (Å²) < 4.78 is 5.65. The van der Waals surface area contributed by atoms with Crippen LogP contribution in [0, 0.1) is 6.92 Å². The van der Waals surface area contributed by atoms with E-state index >= 15 is 0 Å². The Balaban J connectivity index is 2.43. The Morgan fingerprint density at radius 3 is 2.59 bits per heavy atom. The minimum atomic E-state index is -0.438. The van der Waals surface area contributed by atoms with E-state index in [0.717, 1.165) is 36.1 Å². The first kappa shape index (κ1) is 14.0. The lowest BCUT2D eigenvalue weighted by molar-refractivity contribution is 0.199. The van der Waals surface area contributed by atoms with Crippen LogP contribution in [0.3, 0.4) is 0 Å². The maximum Gasteiger partial charge on any atom is 0.122 e. The third kappa shape index (κ3) is 4.75. The monoisotopic (exact) mass is 238 g/mol. The van der Waals surface area contributed by atoms with Gasteiger partial charge in [0.05, 0.1) is 12.7 Å². The molecule has 3 heteroatoms.